The summed E-state index contributed by atoms with van der Waals surface area (Å²) in [7, 11) is 0. The van der Waals surface area contributed by atoms with Gasteiger partial charge in [0, 0.05) is 16.7 Å². The number of thioether (sulfide) groups is 1. The van der Waals surface area contributed by atoms with Crippen molar-refractivity contribution >= 4 is 29.0 Å². The van der Waals surface area contributed by atoms with E-state index in [4.69, 9.17) is 0 Å². The lowest BCUT2D eigenvalue weighted by Gasteiger charge is -2.06. The standard InChI is InChI=1S/C17H12FNOS/c18-15-6-3-4-12(8-15)11-21-17-14(10-20)9-13-5-1-2-7-16(13)19-17/h1-10H,11H2. The van der Waals surface area contributed by atoms with E-state index in [1.54, 1.807) is 6.07 Å². The van der Waals surface area contributed by atoms with Crippen LogP contribution < -0.4 is 0 Å². The van der Waals surface area contributed by atoms with Gasteiger partial charge in [0.25, 0.3) is 0 Å². The normalized spacial score (nSPS) is 10.7. The molecule has 3 aromatic rings. The largest absolute Gasteiger partial charge is 0.298 e. The molecule has 0 atom stereocenters. The van der Waals surface area contributed by atoms with Crippen LogP contribution in [0.15, 0.2) is 59.6 Å². The molecule has 0 spiro atoms. The molecule has 104 valence electrons. The Morgan fingerprint density at radius 2 is 1.95 bits per heavy atom. The van der Waals surface area contributed by atoms with Gasteiger partial charge in [-0.2, -0.15) is 0 Å². The zero-order valence-corrected chi connectivity index (χ0v) is 11.9. The number of carbonyl (C=O) groups excluding carboxylic acids is 1. The fourth-order valence-corrected chi connectivity index (χ4v) is 3.01. The van der Waals surface area contributed by atoms with E-state index >= 15 is 0 Å². The maximum Gasteiger partial charge on any atom is 0.152 e. The monoisotopic (exact) mass is 297 g/mol. The molecule has 0 unspecified atom stereocenters. The first-order chi connectivity index (χ1) is 10.3. The average Bonchev–Trinajstić information content (AvgIpc) is 2.52. The van der Waals surface area contributed by atoms with E-state index in [1.807, 2.05) is 36.4 Å². The van der Waals surface area contributed by atoms with Crippen LogP contribution in [0.5, 0.6) is 0 Å². The van der Waals surface area contributed by atoms with Gasteiger partial charge in [0.05, 0.1) is 5.52 Å². The van der Waals surface area contributed by atoms with E-state index in [0.717, 1.165) is 22.8 Å². The van der Waals surface area contributed by atoms with Crippen LogP contribution in [0.3, 0.4) is 0 Å². The molecule has 1 heterocycles. The SMILES string of the molecule is O=Cc1cc2ccccc2nc1SCc1cccc(F)c1. The first-order valence-corrected chi connectivity index (χ1v) is 7.47. The van der Waals surface area contributed by atoms with E-state index in [2.05, 4.69) is 4.98 Å². The lowest BCUT2D eigenvalue weighted by Crippen LogP contribution is -1.92. The van der Waals surface area contributed by atoms with Gasteiger partial charge in [-0.05, 0) is 29.8 Å². The summed E-state index contributed by atoms with van der Waals surface area (Å²) in [6, 6.07) is 16.0. The minimum Gasteiger partial charge on any atom is -0.298 e. The van der Waals surface area contributed by atoms with Crippen molar-refractivity contribution in [3.8, 4) is 0 Å². The smallest absolute Gasteiger partial charge is 0.152 e. The van der Waals surface area contributed by atoms with Crippen molar-refractivity contribution in [3.63, 3.8) is 0 Å². The van der Waals surface area contributed by atoms with Gasteiger partial charge in [0.2, 0.25) is 0 Å². The Morgan fingerprint density at radius 3 is 2.76 bits per heavy atom. The average molecular weight is 297 g/mol. The summed E-state index contributed by atoms with van der Waals surface area (Å²) in [4.78, 5) is 15.7. The van der Waals surface area contributed by atoms with E-state index in [-0.39, 0.29) is 5.82 Å². The minimum atomic E-state index is -0.254. The number of pyridine rings is 1. The molecular weight excluding hydrogens is 285 g/mol. The van der Waals surface area contributed by atoms with E-state index in [0.29, 0.717) is 16.3 Å². The second kappa shape index (κ2) is 6.06. The van der Waals surface area contributed by atoms with Crippen molar-refractivity contribution in [3.05, 3.63) is 71.5 Å². The molecule has 0 N–H and O–H groups in total. The lowest BCUT2D eigenvalue weighted by atomic mass is 10.2. The number of nitrogens with zero attached hydrogens (tertiary/aromatic N) is 1. The number of aromatic nitrogens is 1. The lowest BCUT2D eigenvalue weighted by molar-refractivity contribution is 0.112. The number of para-hydroxylation sites is 1. The minimum absolute atomic E-state index is 0.254. The maximum atomic E-state index is 13.2. The van der Waals surface area contributed by atoms with Crippen molar-refractivity contribution < 1.29 is 9.18 Å². The summed E-state index contributed by atoms with van der Waals surface area (Å²) in [6.07, 6.45) is 0.813. The molecule has 0 aliphatic carbocycles. The van der Waals surface area contributed by atoms with Gasteiger partial charge in [-0.3, -0.25) is 4.79 Å². The third-order valence-corrected chi connectivity index (χ3v) is 4.19. The molecule has 0 aliphatic rings. The Bertz CT molecular complexity index is 804. The van der Waals surface area contributed by atoms with Gasteiger partial charge in [-0.15, -0.1) is 11.8 Å². The van der Waals surface area contributed by atoms with E-state index in [9.17, 15) is 9.18 Å². The topological polar surface area (TPSA) is 30.0 Å². The van der Waals surface area contributed by atoms with Gasteiger partial charge in [0.15, 0.2) is 6.29 Å². The molecule has 1 aromatic heterocycles. The molecule has 0 fully saturated rings. The van der Waals surface area contributed by atoms with Crippen LogP contribution in [-0.2, 0) is 5.75 Å². The van der Waals surface area contributed by atoms with Gasteiger partial charge < -0.3 is 0 Å². The summed E-state index contributed by atoms with van der Waals surface area (Å²) in [5.41, 5.74) is 2.28. The molecule has 21 heavy (non-hydrogen) atoms. The van der Waals surface area contributed by atoms with E-state index in [1.165, 1.54) is 23.9 Å². The number of halogens is 1. The van der Waals surface area contributed by atoms with Gasteiger partial charge >= 0.3 is 0 Å². The molecule has 2 aromatic carbocycles. The molecule has 0 saturated heterocycles. The first-order valence-electron chi connectivity index (χ1n) is 6.48. The first kappa shape index (κ1) is 13.8. The Morgan fingerprint density at radius 1 is 1.10 bits per heavy atom. The maximum absolute atomic E-state index is 13.2. The zero-order valence-electron chi connectivity index (χ0n) is 11.1. The molecule has 2 nitrogen and oxygen atoms in total. The van der Waals surface area contributed by atoms with Gasteiger partial charge in [-0.25, -0.2) is 9.37 Å². The molecule has 0 radical (unpaired) electrons. The summed E-state index contributed by atoms with van der Waals surface area (Å²) >= 11 is 1.44. The summed E-state index contributed by atoms with van der Waals surface area (Å²) < 4.78 is 13.2. The molecule has 0 amide bonds. The number of carbonyl (C=O) groups is 1. The number of aldehydes is 1. The molecule has 3 rings (SSSR count). The van der Waals surface area contributed by atoms with Crippen LogP contribution in [0.4, 0.5) is 4.39 Å². The van der Waals surface area contributed by atoms with Crippen LogP contribution in [0.1, 0.15) is 15.9 Å². The van der Waals surface area contributed by atoms with Crippen LogP contribution in [-0.4, -0.2) is 11.3 Å². The number of benzene rings is 2. The summed E-state index contributed by atoms with van der Waals surface area (Å²) in [6.45, 7) is 0. The molecule has 0 saturated carbocycles. The summed E-state index contributed by atoms with van der Waals surface area (Å²) in [5, 5.41) is 1.61. The Kier molecular flexibility index (Phi) is 3.97. The highest BCUT2D eigenvalue weighted by Crippen LogP contribution is 2.27. The summed E-state index contributed by atoms with van der Waals surface area (Å²) in [5.74, 6) is 0.319. The van der Waals surface area contributed by atoms with Crippen molar-refractivity contribution in [1.29, 1.82) is 0 Å². The predicted molar refractivity (Wildman–Crippen MR) is 83.1 cm³/mol. The van der Waals surface area contributed by atoms with E-state index < -0.39 is 0 Å². The Hall–Kier alpha value is -2.20. The number of fused-ring (bicyclic) bond motifs is 1. The fourth-order valence-electron chi connectivity index (χ4n) is 2.09. The molecule has 0 bridgehead atoms. The highest BCUT2D eigenvalue weighted by atomic mass is 32.2. The molecular formula is C17H12FNOS. The highest BCUT2D eigenvalue weighted by molar-refractivity contribution is 7.98. The number of hydrogen-bond donors (Lipinski definition) is 0. The third-order valence-electron chi connectivity index (χ3n) is 3.11. The van der Waals surface area contributed by atoms with Gasteiger partial charge in [-0.1, -0.05) is 30.3 Å². The van der Waals surface area contributed by atoms with Gasteiger partial charge in [0.1, 0.15) is 10.8 Å². The molecule has 0 aliphatic heterocycles. The third kappa shape index (κ3) is 3.11. The highest BCUT2D eigenvalue weighted by Gasteiger charge is 2.07. The second-order valence-electron chi connectivity index (χ2n) is 4.61. The van der Waals surface area contributed by atoms with Crippen LogP contribution in [0.2, 0.25) is 0 Å². The molecule has 4 heteroatoms. The second-order valence-corrected chi connectivity index (χ2v) is 5.58. The zero-order chi connectivity index (χ0) is 14.7. The van der Waals surface area contributed by atoms with Crippen molar-refractivity contribution in [1.82, 2.24) is 4.98 Å². The fraction of sp³-hybridized carbons (Fsp3) is 0.0588. The predicted octanol–water partition coefficient (Wildman–Crippen LogP) is 4.48. The quantitative estimate of drug-likeness (QED) is 0.525. The Balaban J connectivity index is 1.90. The van der Waals surface area contributed by atoms with Crippen molar-refractivity contribution in [2.24, 2.45) is 0 Å². The van der Waals surface area contributed by atoms with Crippen molar-refractivity contribution in [2.75, 3.05) is 0 Å². The van der Waals surface area contributed by atoms with Crippen LogP contribution in [0, 0.1) is 5.82 Å². The Labute approximate surface area is 126 Å². The van der Waals surface area contributed by atoms with Crippen LogP contribution >= 0.6 is 11.8 Å². The number of rotatable bonds is 4. The van der Waals surface area contributed by atoms with Crippen molar-refractivity contribution in [2.45, 2.75) is 10.8 Å². The van der Waals surface area contributed by atoms with Crippen LogP contribution in [0.25, 0.3) is 10.9 Å². The number of hydrogen-bond acceptors (Lipinski definition) is 3.